The quantitative estimate of drug-likeness (QED) is 0.712. The minimum Gasteiger partial charge on any atom is -0.490 e. The number of hydrogen-bond acceptors (Lipinski definition) is 4. The highest BCUT2D eigenvalue weighted by molar-refractivity contribution is 5.95. The number of aliphatic carboxylic acids is 1. The lowest BCUT2D eigenvalue weighted by molar-refractivity contribution is -0.139. The van der Waals surface area contributed by atoms with Gasteiger partial charge in [-0.05, 0) is 56.7 Å². The zero-order chi connectivity index (χ0) is 19.2. The second kappa shape index (κ2) is 9.11. The van der Waals surface area contributed by atoms with Gasteiger partial charge < -0.3 is 19.5 Å². The van der Waals surface area contributed by atoms with Gasteiger partial charge >= 0.3 is 5.97 Å². The number of amides is 1. The maximum absolute atomic E-state index is 13.2. The third-order valence-corrected chi connectivity index (χ3v) is 5.27. The molecule has 0 atom stereocenters. The maximum atomic E-state index is 13.2. The van der Waals surface area contributed by atoms with Crippen molar-refractivity contribution in [1.82, 2.24) is 4.90 Å². The van der Waals surface area contributed by atoms with Crippen molar-refractivity contribution in [2.24, 2.45) is 5.92 Å². The number of benzene rings is 1. The van der Waals surface area contributed by atoms with E-state index >= 15 is 0 Å². The van der Waals surface area contributed by atoms with E-state index in [1.54, 1.807) is 18.2 Å². The molecule has 0 radical (unpaired) electrons. The molecule has 0 aromatic heterocycles. The van der Waals surface area contributed by atoms with Gasteiger partial charge in [0.1, 0.15) is 0 Å². The summed E-state index contributed by atoms with van der Waals surface area (Å²) >= 11 is 0. The third-order valence-electron chi connectivity index (χ3n) is 5.27. The van der Waals surface area contributed by atoms with Crippen LogP contribution in [-0.2, 0) is 4.79 Å². The minimum absolute atomic E-state index is 0.0359. The summed E-state index contributed by atoms with van der Waals surface area (Å²) < 4.78 is 10.9. The van der Waals surface area contributed by atoms with Crippen LogP contribution >= 0.6 is 0 Å². The molecule has 2 saturated carbocycles. The van der Waals surface area contributed by atoms with Crippen molar-refractivity contribution in [2.45, 2.75) is 57.9 Å². The molecule has 2 aliphatic rings. The zero-order valence-electron chi connectivity index (χ0n) is 16.0. The molecule has 1 N–H and O–H groups in total. The SMILES string of the molecule is CCOc1cc(C(=O)N(CC2CCCCC2)C2CC2)ccc1OCC(=O)O. The van der Waals surface area contributed by atoms with E-state index in [2.05, 4.69) is 0 Å². The Bertz CT molecular complexity index is 665. The number of rotatable bonds is 9. The molecule has 2 aliphatic carbocycles. The summed E-state index contributed by atoms with van der Waals surface area (Å²) in [7, 11) is 0. The van der Waals surface area contributed by atoms with Crippen molar-refractivity contribution >= 4 is 11.9 Å². The first-order valence-corrected chi connectivity index (χ1v) is 10.0. The van der Waals surface area contributed by atoms with Crippen LogP contribution in [0.3, 0.4) is 0 Å². The Labute approximate surface area is 160 Å². The number of carboxylic acids is 1. The molecule has 0 spiro atoms. The minimum atomic E-state index is -1.05. The van der Waals surface area contributed by atoms with Crippen LogP contribution in [0.1, 0.15) is 62.2 Å². The normalized spacial score (nSPS) is 17.4. The predicted molar refractivity (Wildman–Crippen MR) is 101 cm³/mol. The summed E-state index contributed by atoms with van der Waals surface area (Å²) in [5, 5.41) is 8.81. The van der Waals surface area contributed by atoms with E-state index < -0.39 is 12.6 Å². The second-order valence-corrected chi connectivity index (χ2v) is 7.47. The molecule has 2 fully saturated rings. The number of carbonyl (C=O) groups excluding carboxylic acids is 1. The molecule has 1 aromatic carbocycles. The monoisotopic (exact) mass is 375 g/mol. The van der Waals surface area contributed by atoms with Crippen molar-refractivity contribution in [3.63, 3.8) is 0 Å². The Balaban J connectivity index is 1.74. The third kappa shape index (κ3) is 5.37. The maximum Gasteiger partial charge on any atom is 0.341 e. The van der Waals surface area contributed by atoms with Gasteiger partial charge in [-0.15, -0.1) is 0 Å². The Morgan fingerprint density at radius 1 is 1.07 bits per heavy atom. The van der Waals surface area contributed by atoms with E-state index in [1.165, 1.54) is 32.1 Å². The van der Waals surface area contributed by atoms with Gasteiger partial charge in [0.25, 0.3) is 5.91 Å². The summed E-state index contributed by atoms with van der Waals surface area (Å²) in [5.41, 5.74) is 0.573. The number of carbonyl (C=O) groups is 2. The molecule has 148 valence electrons. The molecule has 0 saturated heterocycles. The molecule has 6 nitrogen and oxygen atoms in total. The smallest absolute Gasteiger partial charge is 0.341 e. The number of nitrogens with zero attached hydrogens (tertiary/aromatic N) is 1. The summed E-state index contributed by atoms with van der Waals surface area (Å²) in [4.78, 5) is 26.0. The largest absolute Gasteiger partial charge is 0.490 e. The molecular weight excluding hydrogens is 346 g/mol. The molecule has 1 amide bonds. The van der Waals surface area contributed by atoms with Gasteiger partial charge in [-0.25, -0.2) is 4.79 Å². The van der Waals surface area contributed by atoms with E-state index in [1.807, 2.05) is 11.8 Å². The Morgan fingerprint density at radius 3 is 2.44 bits per heavy atom. The van der Waals surface area contributed by atoms with Crippen molar-refractivity contribution in [3.8, 4) is 11.5 Å². The van der Waals surface area contributed by atoms with Gasteiger partial charge in [0.2, 0.25) is 0 Å². The van der Waals surface area contributed by atoms with E-state index in [9.17, 15) is 9.59 Å². The molecule has 1 aromatic rings. The summed E-state index contributed by atoms with van der Waals surface area (Å²) in [6, 6.07) is 5.38. The second-order valence-electron chi connectivity index (χ2n) is 7.47. The Hall–Kier alpha value is -2.24. The topological polar surface area (TPSA) is 76.1 Å². The van der Waals surface area contributed by atoms with Gasteiger partial charge in [-0.2, -0.15) is 0 Å². The van der Waals surface area contributed by atoms with Crippen LogP contribution in [0, 0.1) is 5.92 Å². The molecular formula is C21H29NO5. The van der Waals surface area contributed by atoms with E-state index in [0.29, 0.717) is 35.6 Å². The van der Waals surface area contributed by atoms with Crippen molar-refractivity contribution in [2.75, 3.05) is 19.8 Å². The van der Waals surface area contributed by atoms with Crippen LogP contribution in [-0.4, -0.2) is 47.7 Å². The highest BCUT2D eigenvalue weighted by Crippen LogP contribution is 2.34. The molecule has 0 unspecified atom stereocenters. The Kier molecular flexibility index (Phi) is 6.58. The van der Waals surface area contributed by atoms with Gasteiger partial charge in [0.05, 0.1) is 6.61 Å². The van der Waals surface area contributed by atoms with E-state index in [4.69, 9.17) is 14.6 Å². The Morgan fingerprint density at radius 2 is 1.81 bits per heavy atom. The number of ether oxygens (including phenoxy) is 2. The summed E-state index contributed by atoms with van der Waals surface area (Å²) in [6.45, 7) is 2.65. The van der Waals surface area contributed by atoms with Crippen LogP contribution in [0.25, 0.3) is 0 Å². The zero-order valence-corrected chi connectivity index (χ0v) is 16.0. The van der Waals surface area contributed by atoms with Crippen LogP contribution in [0.15, 0.2) is 18.2 Å². The average molecular weight is 375 g/mol. The molecule has 0 bridgehead atoms. The average Bonchev–Trinajstić information content (AvgIpc) is 3.50. The van der Waals surface area contributed by atoms with Gasteiger partial charge in [-0.1, -0.05) is 19.3 Å². The fourth-order valence-corrected chi connectivity index (χ4v) is 3.77. The van der Waals surface area contributed by atoms with Gasteiger partial charge in [-0.3, -0.25) is 4.79 Å². The van der Waals surface area contributed by atoms with Crippen molar-refractivity contribution < 1.29 is 24.2 Å². The van der Waals surface area contributed by atoms with Crippen LogP contribution in [0.5, 0.6) is 11.5 Å². The van der Waals surface area contributed by atoms with Gasteiger partial charge in [0, 0.05) is 18.2 Å². The highest BCUT2D eigenvalue weighted by atomic mass is 16.5. The summed E-state index contributed by atoms with van der Waals surface area (Å²) in [5.74, 6) is 0.353. The van der Waals surface area contributed by atoms with Crippen molar-refractivity contribution in [3.05, 3.63) is 23.8 Å². The first-order chi connectivity index (χ1) is 13.1. The fourth-order valence-electron chi connectivity index (χ4n) is 3.77. The fraction of sp³-hybridized carbons (Fsp3) is 0.619. The number of hydrogen-bond donors (Lipinski definition) is 1. The molecule has 0 heterocycles. The van der Waals surface area contributed by atoms with Crippen LogP contribution in [0.4, 0.5) is 0 Å². The van der Waals surface area contributed by atoms with Crippen LogP contribution in [0.2, 0.25) is 0 Å². The predicted octanol–water partition coefficient (Wildman–Crippen LogP) is 3.73. The first kappa shape index (κ1) is 19.5. The summed E-state index contributed by atoms with van der Waals surface area (Å²) in [6.07, 6.45) is 8.42. The van der Waals surface area contributed by atoms with E-state index in [0.717, 1.165) is 19.4 Å². The molecule has 27 heavy (non-hydrogen) atoms. The highest BCUT2D eigenvalue weighted by Gasteiger charge is 2.35. The lowest BCUT2D eigenvalue weighted by Crippen LogP contribution is -2.37. The molecule has 3 rings (SSSR count). The molecule has 0 aliphatic heterocycles. The van der Waals surface area contributed by atoms with Crippen molar-refractivity contribution in [1.29, 1.82) is 0 Å². The lowest BCUT2D eigenvalue weighted by atomic mass is 9.88. The van der Waals surface area contributed by atoms with Gasteiger partial charge in [0.15, 0.2) is 18.1 Å². The lowest BCUT2D eigenvalue weighted by Gasteiger charge is -2.30. The van der Waals surface area contributed by atoms with Crippen LogP contribution < -0.4 is 9.47 Å². The standard InChI is InChI=1S/C21H29NO5/c1-2-26-19-12-16(8-11-18(19)27-14-20(23)24)21(25)22(17-9-10-17)13-15-6-4-3-5-7-15/h8,11-12,15,17H,2-7,9-10,13-14H2,1H3,(H,23,24). The molecule has 6 heteroatoms. The number of carboxylic acid groups (broad SMARTS) is 1. The van der Waals surface area contributed by atoms with E-state index in [-0.39, 0.29) is 5.91 Å². The first-order valence-electron chi connectivity index (χ1n) is 10.0.